The van der Waals surface area contributed by atoms with E-state index in [1.54, 1.807) is 24.3 Å². The van der Waals surface area contributed by atoms with E-state index in [4.69, 9.17) is 16.0 Å². The Balaban J connectivity index is 2.47. The second-order valence-electron chi connectivity index (χ2n) is 2.60. The van der Waals surface area contributed by atoms with Gasteiger partial charge in [0.25, 0.3) is 0 Å². The van der Waals surface area contributed by atoms with E-state index in [1.807, 2.05) is 0 Å². The van der Waals surface area contributed by atoms with Crippen LogP contribution in [0.2, 0.25) is 5.02 Å². The van der Waals surface area contributed by atoms with Crippen LogP contribution in [-0.4, -0.2) is 0 Å². The van der Waals surface area contributed by atoms with Crippen molar-refractivity contribution in [2.75, 3.05) is 0 Å². The van der Waals surface area contributed by atoms with E-state index >= 15 is 0 Å². The van der Waals surface area contributed by atoms with Gasteiger partial charge in [0.05, 0.1) is 6.26 Å². The van der Waals surface area contributed by atoms with E-state index in [1.165, 1.54) is 12.3 Å². The smallest absolute Gasteiger partial charge is 0.169 e. The van der Waals surface area contributed by atoms with Crippen molar-refractivity contribution in [1.29, 1.82) is 0 Å². The third kappa shape index (κ3) is 1.58. The maximum Gasteiger partial charge on any atom is 0.169 e. The molecule has 0 amide bonds. The molecule has 13 heavy (non-hydrogen) atoms. The monoisotopic (exact) mass is 196 g/mol. The number of furan rings is 1. The summed E-state index contributed by atoms with van der Waals surface area (Å²) in [6.07, 6.45) is 1.32. The zero-order valence-electron chi connectivity index (χ0n) is 6.63. The first-order valence-electron chi connectivity index (χ1n) is 3.76. The summed E-state index contributed by atoms with van der Waals surface area (Å²) in [6.45, 7) is 0. The van der Waals surface area contributed by atoms with Crippen molar-refractivity contribution in [3.8, 4) is 11.3 Å². The van der Waals surface area contributed by atoms with Crippen LogP contribution in [0.25, 0.3) is 11.3 Å². The third-order valence-corrected chi connectivity index (χ3v) is 1.98. The van der Waals surface area contributed by atoms with Crippen molar-refractivity contribution in [2.24, 2.45) is 0 Å². The van der Waals surface area contributed by atoms with Crippen LogP contribution in [0.3, 0.4) is 0 Å². The normalized spacial score (nSPS) is 10.3. The molecule has 3 heteroatoms. The van der Waals surface area contributed by atoms with Crippen LogP contribution < -0.4 is 0 Å². The number of rotatable bonds is 1. The van der Waals surface area contributed by atoms with Gasteiger partial charge in [0.15, 0.2) is 11.6 Å². The Morgan fingerprint density at radius 2 is 1.77 bits per heavy atom. The van der Waals surface area contributed by atoms with Crippen LogP contribution in [0.4, 0.5) is 4.39 Å². The highest BCUT2D eigenvalue weighted by Gasteiger charge is 2.07. The molecular weight excluding hydrogens is 191 g/mol. The molecule has 1 nitrogen and oxygen atoms in total. The zero-order valence-corrected chi connectivity index (χ0v) is 7.38. The van der Waals surface area contributed by atoms with Gasteiger partial charge in [-0.1, -0.05) is 11.6 Å². The van der Waals surface area contributed by atoms with Crippen LogP contribution in [0.15, 0.2) is 41.0 Å². The van der Waals surface area contributed by atoms with E-state index in [2.05, 4.69) is 0 Å². The van der Waals surface area contributed by atoms with Crippen LogP contribution in [0, 0.1) is 5.82 Å². The molecule has 0 saturated heterocycles. The topological polar surface area (TPSA) is 13.1 Å². The van der Waals surface area contributed by atoms with E-state index in [-0.39, 0.29) is 11.6 Å². The van der Waals surface area contributed by atoms with Gasteiger partial charge >= 0.3 is 0 Å². The molecule has 2 aromatic rings. The van der Waals surface area contributed by atoms with Gasteiger partial charge in [-0.25, -0.2) is 4.39 Å². The lowest BCUT2D eigenvalue weighted by Crippen LogP contribution is -1.76. The standard InChI is InChI=1S/C10H6ClFO/c11-8-3-1-7(2-4-8)10-9(12)5-6-13-10/h1-6H. The maximum atomic E-state index is 13.0. The molecule has 66 valence electrons. The molecule has 0 aliphatic carbocycles. The molecule has 2 rings (SSSR count). The maximum absolute atomic E-state index is 13.0. The Kier molecular flexibility index (Phi) is 2.07. The van der Waals surface area contributed by atoms with Crippen LogP contribution in [0.1, 0.15) is 0 Å². The Hall–Kier alpha value is -1.28. The molecule has 0 radical (unpaired) electrons. The molecule has 1 aromatic carbocycles. The van der Waals surface area contributed by atoms with E-state index in [9.17, 15) is 4.39 Å². The quantitative estimate of drug-likeness (QED) is 0.677. The molecule has 0 N–H and O–H groups in total. The zero-order chi connectivity index (χ0) is 9.26. The van der Waals surface area contributed by atoms with E-state index in [0.717, 1.165) is 0 Å². The van der Waals surface area contributed by atoms with E-state index < -0.39 is 0 Å². The molecule has 0 fully saturated rings. The minimum Gasteiger partial charge on any atom is -0.461 e. The Morgan fingerprint density at radius 3 is 2.31 bits per heavy atom. The number of benzene rings is 1. The van der Waals surface area contributed by atoms with Gasteiger partial charge in [0.2, 0.25) is 0 Å². The van der Waals surface area contributed by atoms with Crippen molar-refractivity contribution >= 4 is 11.6 Å². The van der Waals surface area contributed by atoms with Gasteiger partial charge in [-0.2, -0.15) is 0 Å². The summed E-state index contributed by atoms with van der Waals surface area (Å²) in [6, 6.07) is 8.09. The Labute approximate surface area is 79.8 Å². The van der Waals surface area contributed by atoms with Gasteiger partial charge in [-0.3, -0.25) is 0 Å². The van der Waals surface area contributed by atoms with Crippen LogP contribution in [0.5, 0.6) is 0 Å². The molecule has 0 saturated carbocycles. The lowest BCUT2D eigenvalue weighted by atomic mass is 10.2. The molecule has 0 aliphatic rings. The Morgan fingerprint density at radius 1 is 1.08 bits per heavy atom. The molecule has 0 aliphatic heterocycles. The fourth-order valence-corrected chi connectivity index (χ4v) is 1.23. The number of halogens is 2. The van der Waals surface area contributed by atoms with Crippen molar-refractivity contribution < 1.29 is 8.81 Å². The summed E-state index contributed by atoms with van der Waals surface area (Å²) in [5.41, 5.74) is 0.687. The van der Waals surface area contributed by atoms with Crippen LogP contribution >= 0.6 is 11.6 Å². The summed E-state index contributed by atoms with van der Waals surface area (Å²) in [5, 5.41) is 0.621. The summed E-state index contributed by atoms with van der Waals surface area (Å²) < 4.78 is 18.0. The van der Waals surface area contributed by atoms with Crippen molar-refractivity contribution in [3.63, 3.8) is 0 Å². The summed E-state index contributed by atoms with van der Waals surface area (Å²) in [5.74, 6) is -0.112. The largest absolute Gasteiger partial charge is 0.461 e. The molecule has 0 bridgehead atoms. The fourth-order valence-electron chi connectivity index (χ4n) is 1.10. The first kappa shape index (κ1) is 8.32. The van der Waals surface area contributed by atoms with Gasteiger partial charge in [-0.05, 0) is 24.3 Å². The van der Waals surface area contributed by atoms with Crippen molar-refractivity contribution in [3.05, 3.63) is 47.4 Å². The lowest BCUT2D eigenvalue weighted by molar-refractivity contribution is 0.549. The molecular formula is C10H6ClFO. The van der Waals surface area contributed by atoms with Crippen molar-refractivity contribution in [2.45, 2.75) is 0 Å². The summed E-state index contributed by atoms with van der Waals surface area (Å²) >= 11 is 5.69. The SMILES string of the molecule is Fc1ccoc1-c1ccc(Cl)cc1. The van der Waals surface area contributed by atoms with Gasteiger partial charge in [-0.15, -0.1) is 0 Å². The average Bonchev–Trinajstić information content (AvgIpc) is 2.53. The van der Waals surface area contributed by atoms with Crippen LogP contribution in [-0.2, 0) is 0 Å². The highest BCUT2D eigenvalue weighted by molar-refractivity contribution is 6.30. The second kappa shape index (κ2) is 3.23. The molecule has 0 unspecified atom stereocenters. The third-order valence-electron chi connectivity index (χ3n) is 1.72. The first-order chi connectivity index (χ1) is 6.27. The average molecular weight is 197 g/mol. The predicted molar refractivity (Wildman–Crippen MR) is 49.1 cm³/mol. The minimum absolute atomic E-state index is 0.247. The van der Waals surface area contributed by atoms with Gasteiger partial charge in [0, 0.05) is 16.7 Å². The van der Waals surface area contributed by atoms with Gasteiger partial charge < -0.3 is 4.42 Å². The predicted octanol–water partition coefficient (Wildman–Crippen LogP) is 3.74. The highest BCUT2D eigenvalue weighted by Crippen LogP contribution is 2.24. The van der Waals surface area contributed by atoms with E-state index in [0.29, 0.717) is 10.6 Å². The minimum atomic E-state index is -0.359. The van der Waals surface area contributed by atoms with Gasteiger partial charge in [0.1, 0.15) is 0 Å². The molecule has 1 heterocycles. The highest BCUT2D eigenvalue weighted by atomic mass is 35.5. The molecule has 0 atom stereocenters. The Bertz CT molecular complexity index is 405. The molecule has 0 spiro atoms. The fraction of sp³-hybridized carbons (Fsp3) is 0. The second-order valence-corrected chi connectivity index (χ2v) is 3.04. The lowest BCUT2D eigenvalue weighted by Gasteiger charge is -1.96. The summed E-state index contributed by atoms with van der Waals surface area (Å²) in [7, 11) is 0. The molecule has 1 aromatic heterocycles. The van der Waals surface area contributed by atoms with Crippen molar-refractivity contribution in [1.82, 2.24) is 0 Å². The number of hydrogen-bond donors (Lipinski definition) is 0. The first-order valence-corrected chi connectivity index (χ1v) is 4.14. The number of hydrogen-bond acceptors (Lipinski definition) is 1. The summed E-state index contributed by atoms with van der Waals surface area (Å²) in [4.78, 5) is 0.